The van der Waals surface area contributed by atoms with Gasteiger partial charge in [-0.2, -0.15) is 0 Å². The van der Waals surface area contributed by atoms with Gasteiger partial charge in [-0.25, -0.2) is 4.98 Å². The molecule has 1 fully saturated rings. The van der Waals surface area contributed by atoms with Crippen molar-refractivity contribution in [3.63, 3.8) is 0 Å². The lowest BCUT2D eigenvalue weighted by atomic mass is 9.94. The Bertz CT molecular complexity index is 951. The van der Waals surface area contributed by atoms with E-state index in [1.54, 1.807) is 18.2 Å². The van der Waals surface area contributed by atoms with Crippen LogP contribution in [0.4, 0.5) is 5.13 Å². The third-order valence-corrected chi connectivity index (χ3v) is 6.89. The zero-order valence-corrected chi connectivity index (χ0v) is 16.8. The summed E-state index contributed by atoms with van der Waals surface area (Å²) in [5.41, 5.74) is 1.31. The number of aromatic nitrogens is 1. The molecule has 0 saturated heterocycles. The molecule has 2 N–H and O–H groups in total. The topological polar surface area (TPSA) is 89.6 Å². The first-order chi connectivity index (χ1) is 14.2. The van der Waals surface area contributed by atoms with Crippen molar-refractivity contribution in [1.82, 2.24) is 10.3 Å². The molecule has 0 spiro atoms. The summed E-state index contributed by atoms with van der Waals surface area (Å²) < 4.78 is 10.6. The molecule has 7 nitrogen and oxygen atoms in total. The molecular weight excluding hydrogens is 390 g/mol. The van der Waals surface area contributed by atoms with E-state index in [1.807, 2.05) is 0 Å². The van der Waals surface area contributed by atoms with Crippen LogP contribution in [0.3, 0.4) is 0 Å². The maximum absolute atomic E-state index is 12.8. The van der Waals surface area contributed by atoms with Crippen molar-refractivity contribution in [3.8, 4) is 11.5 Å². The highest BCUT2D eigenvalue weighted by Crippen LogP contribution is 2.39. The maximum Gasteiger partial charge on any atom is 0.257 e. The number of carbonyl (C=O) groups is 2. The minimum absolute atomic E-state index is 0.0783. The van der Waals surface area contributed by atoms with Gasteiger partial charge in [0, 0.05) is 16.5 Å². The van der Waals surface area contributed by atoms with Gasteiger partial charge in [0.2, 0.25) is 12.7 Å². The molecule has 2 aliphatic carbocycles. The highest BCUT2D eigenvalue weighted by Gasteiger charge is 2.34. The number of hydrogen-bond acceptors (Lipinski definition) is 6. The second kappa shape index (κ2) is 7.67. The van der Waals surface area contributed by atoms with Gasteiger partial charge in [-0.05, 0) is 43.9 Å². The molecule has 152 valence electrons. The summed E-state index contributed by atoms with van der Waals surface area (Å²) in [4.78, 5) is 31.1. The number of nitrogens with zero attached hydrogens (tertiary/aromatic N) is 1. The summed E-state index contributed by atoms with van der Waals surface area (Å²) in [5, 5.41) is 6.61. The van der Waals surface area contributed by atoms with E-state index in [2.05, 4.69) is 15.6 Å². The lowest BCUT2D eigenvalue weighted by Gasteiger charge is -2.24. The Labute approximate surface area is 172 Å². The normalized spacial score (nSPS) is 20.3. The molecule has 1 saturated carbocycles. The highest BCUT2D eigenvalue weighted by atomic mass is 32.1. The fourth-order valence-electron chi connectivity index (χ4n) is 4.29. The number of hydrogen-bond donors (Lipinski definition) is 2. The van der Waals surface area contributed by atoms with Crippen LogP contribution in [0.2, 0.25) is 0 Å². The van der Waals surface area contributed by atoms with Crippen molar-refractivity contribution in [2.75, 3.05) is 12.1 Å². The molecule has 2 aromatic rings. The van der Waals surface area contributed by atoms with Crippen molar-refractivity contribution in [1.29, 1.82) is 0 Å². The molecule has 2 amide bonds. The molecule has 1 aromatic heterocycles. The van der Waals surface area contributed by atoms with Crippen LogP contribution in [0.1, 0.15) is 65.4 Å². The highest BCUT2D eigenvalue weighted by molar-refractivity contribution is 7.16. The molecule has 1 aliphatic heterocycles. The van der Waals surface area contributed by atoms with Crippen LogP contribution >= 0.6 is 11.3 Å². The van der Waals surface area contributed by atoms with E-state index in [4.69, 9.17) is 9.47 Å². The molecule has 29 heavy (non-hydrogen) atoms. The van der Waals surface area contributed by atoms with Gasteiger partial charge in [-0.3, -0.25) is 14.9 Å². The van der Waals surface area contributed by atoms with Crippen LogP contribution in [0, 0.1) is 0 Å². The average molecular weight is 413 g/mol. The second-order valence-electron chi connectivity index (χ2n) is 7.78. The maximum atomic E-state index is 12.8. The smallest absolute Gasteiger partial charge is 0.257 e. The van der Waals surface area contributed by atoms with Crippen LogP contribution in [-0.4, -0.2) is 29.6 Å². The van der Waals surface area contributed by atoms with Crippen molar-refractivity contribution in [2.24, 2.45) is 0 Å². The number of ether oxygens (including phenoxy) is 2. The molecule has 0 unspecified atom stereocenters. The first kappa shape index (κ1) is 18.4. The van der Waals surface area contributed by atoms with Gasteiger partial charge >= 0.3 is 0 Å². The third-order valence-electron chi connectivity index (χ3n) is 5.84. The molecular formula is C21H23N3O4S. The Morgan fingerprint density at radius 1 is 1.07 bits per heavy atom. The quantitative estimate of drug-likeness (QED) is 0.799. The summed E-state index contributed by atoms with van der Waals surface area (Å²) in [6, 6.07) is 5.39. The molecule has 5 rings (SSSR count). The van der Waals surface area contributed by atoms with E-state index in [0.717, 1.165) is 36.3 Å². The van der Waals surface area contributed by atoms with Crippen molar-refractivity contribution < 1.29 is 19.1 Å². The zero-order valence-electron chi connectivity index (χ0n) is 16.0. The van der Waals surface area contributed by atoms with Crippen molar-refractivity contribution >= 4 is 28.3 Å². The van der Waals surface area contributed by atoms with Gasteiger partial charge in [-0.15, -0.1) is 11.3 Å². The molecule has 1 atom stereocenters. The van der Waals surface area contributed by atoms with E-state index >= 15 is 0 Å². The largest absolute Gasteiger partial charge is 0.454 e. The Balaban J connectivity index is 1.26. The molecule has 1 aromatic carbocycles. The summed E-state index contributed by atoms with van der Waals surface area (Å²) in [6.07, 6.45) is 7.40. The molecule has 8 heteroatoms. The summed E-state index contributed by atoms with van der Waals surface area (Å²) >= 11 is 1.46. The Morgan fingerprint density at radius 3 is 2.76 bits per heavy atom. The SMILES string of the molecule is O=C(Nc1nc2c(s1)CC[C@H]2C(=O)NC1CCCCC1)c1ccc2c(c1)OCO2. The van der Waals surface area contributed by atoms with Crippen LogP contribution in [0.5, 0.6) is 11.5 Å². The van der Waals surface area contributed by atoms with Crippen LogP contribution < -0.4 is 20.1 Å². The molecule has 0 radical (unpaired) electrons. The molecule has 0 bridgehead atoms. The van der Waals surface area contributed by atoms with Crippen molar-refractivity contribution in [3.05, 3.63) is 34.3 Å². The second-order valence-corrected chi connectivity index (χ2v) is 8.87. The summed E-state index contributed by atoms with van der Waals surface area (Å²) in [7, 11) is 0. The lowest BCUT2D eigenvalue weighted by Crippen LogP contribution is -2.38. The average Bonchev–Trinajstić information content (AvgIpc) is 3.43. The number of aryl methyl sites for hydroxylation is 1. The number of amides is 2. The van der Waals surface area contributed by atoms with Gasteiger partial charge in [-0.1, -0.05) is 19.3 Å². The minimum Gasteiger partial charge on any atom is -0.454 e. The number of thiazole rings is 1. The van der Waals surface area contributed by atoms with Gasteiger partial charge in [0.25, 0.3) is 5.91 Å². The summed E-state index contributed by atoms with van der Waals surface area (Å²) in [5.74, 6) is 0.827. The predicted octanol–water partition coefficient (Wildman–Crippen LogP) is 3.60. The number of carbonyl (C=O) groups excluding carboxylic acids is 2. The van der Waals surface area contributed by atoms with Gasteiger partial charge in [0.1, 0.15) is 0 Å². The fourth-order valence-corrected chi connectivity index (χ4v) is 5.33. The number of anilines is 1. The Morgan fingerprint density at radius 2 is 1.90 bits per heavy atom. The first-order valence-corrected chi connectivity index (χ1v) is 11.0. The van der Waals surface area contributed by atoms with Gasteiger partial charge < -0.3 is 14.8 Å². The van der Waals surface area contributed by atoms with E-state index < -0.39 is 0 Å². The third kappa shape index (κ3) is 3.69. The predicted molar refractivity (Wildman–Crippen MR) is 109 cm³/mol. The summed E-state index contributed by atoms with van der Waals surface area (Å²) in [6.45, 7) is 0.171. The van der Waals surface area contributed by atoms with Crippen LogP contribution in [0.25, 0.3) is 0 Å². The standard InChI is InChI=1S/C21H23N3O4S/c25-19(12-6-8-15-16(10-12)28-11-27-15)24-21-23-18-14(7-9-17(18)29-21)20(26)22-13-4-2-1-3-5-13/h6,8,10,13-14H,1-5,7,9,11H2,(H,22,26)(H,23,24,25)/t14-/m1/s1. The van der Waals surface area contributed by atoms with E-state index in [0.29, 0.717) is 28.2 Å². The monoisotopic (exact) mass is 413 g/mol. The number of benzene rings is 1. The van der Waals surface area contributed by atoms with E-state index in [-0.39, 0.29) is 24.5 Å². The molecule has 3 aliphatic rings. The van der Waals surface area contributed by atoms with Gasteiger partial charge in [0.15, 0.2) is 16.6 Å². The Hall–Kier alpha value is -2.61. The van der Waals surface area contributed by atoms with E-state index in [9.17, 15) is 9.59 Å². The molecule has 2 heterocycles. The van der Waals surface area contributed by atoms with Gasteiger partial charge in [0.05, 0.1) is 11.6 Å². The fraction of sp³-hybridized carbons (Fsp3) is 0.476. The first-order valence-electron chi connectivity index (χ1n) is 10.2. The van der Waals surface area contributed by atoms with E-state index in [1.165, 1.54) is 30.6 Å². The van der Waals surface area contributed by atoms with Crippen LogP contribution in [0.15, 0.2) is 18.2 Å². The number of fused-ring (bicyclic) bond motifs is 2. The zero-order chi connectivity index (χ0) is 19.8. The number of nitrogens with one attached hydrogen (secondary N) is 2. The lowest BCUT2D eigenvalue weighted by molar-refractivity contribution is -0.123. The van der Waals surface area contributed by atoms with Crippen molar-refractivity contribution in [2.45, 2.75) is 56.9 Å². The number of rotatable bonds is 4. The minimum atomic E-state index is -0.251. The Kier molecular flexibility index (Phi) is 4.87. The van der Waals surface area contributed by atoms with Crippen LogP contribution in [-0.2, 0) is 11.2 Å².